The number of alkyl halides is 3. The predicted octanol–water partition coefficient (Wildman–Crippen LogP) is 3.96. The summed E-state index contributed by atoms with van der Waals surface area (Å²) in [5.74, 6) is -0.793. The number of nitrogens with one attached hydrogen (secondary N) is 1. The highest BCUT2D eigenvalue weighted by Crippen LogP contribution is 2.32. The number of rotatable bonds is 3. The van der Waals surface area contributed by atoms with Crippen molar-refractivity contribution in [2.24, 2.45) is 5.73 Å². The number of hydrogen-bond acceptors (Lipinski definition) is 2. The maximum Gasteiger partial charge on any atom is 0.419 e. The van der Waals surface area contributed by atoms with Crippen LogP contribution in [-0.4, -0.2) is 9.97 Å². The van der Waals surface area contributed by atoms with Gasteiger partial charge in [-0.25, -0.2) is 9.37 Å². The van der Waals surface area contributed by atoms with Crippen molar-refractivity contribution in [1.29, 1.82) is 0 Å². The van der Waals surface area contributed by atoms with Crippen molar-refractivity contribution in [3.05, 3.63) is 65.2 Å². The topological polar surface area (TPSA) is 54.7 Å². The molecule has 0 saturated carbocycles. The van der Waals surface area contributed by atoms with Gasteiger partial charge >= 0.3 is 6.18 Å². The number of aromatic nitrogens is 2. The summed E-state index contributed by atoms with van der Waals surface area (Å²) in [5, 5.41) is 0. The summed E-state index contributed by atoms with van der Waals surface area (Å²) in [7, 11) is 0. The average molecular weight is 323 g/mol. The van der Waals surface area contributed by atoms with Gasteiger partial charge in [0.25, 0.3) is 0 Å². The van der Waals surface area contributed by atoms with E-state index in [4.69, 9.17) is 5.73 Å². The Bertz CT molecular complexity index is 806. The van der Waals surface area contributed by atoms with E-state index < -0.39 is 23.6 Å². The molecule has 0 aliphatic rings. The summed E-state index contributed by atoms with van der Waals surface area (Å²) in [4.78, 5) is 7.39. The molecule has 0 amide bonds. The summed E-state index contributed by atoms with van der Waals surface area (Å²) >= 11 is 0. The zero-order valence-corrected chi connectivity index (χ0v) is 11.9. The van der Waals surface area contributed by atoms with Gasteiger partial charge in [-0.15, -0.1) is 0 Å². The Morgan fingerprint density at radius 1 is 1.13 bits per heavy atom. The monoisotopic (exact) mass is 323 g/mol. The first-order valence-corrected chi connectivity index (χ1v) is 6.90. The lowest BCUT2D eigenvalue weighted by atomic mass is 10.0. The van der Waals surface area contributed by atoms with Crippen LogP contribution in [0.4, 0.5) is 17.6 Å². The fourth-order valence-electron chi connectivity index (χ4n) is 2.41. The maximum absolute atomic E-state index is 13.6. The number of imidazole rings is 1. The van der Waals surface area contributed by atoms with E-state index in [1.165, 1.54) is 6.07 Å². The van der Waals surface area contributed by atoms with E-state index in [1.807, 2.05) is 24.3 Å². The smallest absolute Gasteiger partial charge is 0.341 e. The van der Waals surface area contributed by atoms with Gasteiger partial charge in [0.05, 0.1) is 22.6 Å². The summed E-state index contributed by atoms with van der Waals surface area (Å²) in [5.41, 5.74) is 6.69. The van der Waals surface area contributed by atoms with Crippen LogP contribution in [0.1, 0.15) is 23.0 Å². The van der Waals surface area contributed by atoms with Crippen LogP contribution in [0.15, 0.2) is 42.5 Å². The van der Waals surface area contributed by atoms with Crippen LogP contribution in [0.25, 0.3) is 11.0 Å². The number of H-pyrrole nitrogens is 1. The number of para-hydroxylation sites is 2. The number of nitrogens with zero attached hydrogens (tertiary/aromatic N) is 1. The molecule has 0 radical (unpaired) electrons. The van der Waals surface area contributed by atoms with Gasteiger partial charge in [-0.2, -0.15) is 13.2 Å². The molecule has 0 aliphatic carbocycles. The maximum atomic E-state index is 13.6. The van der Waals surface area contributed by atoms with Crippen molar-refractivity contribution in [3.63, 3.8) is 0 Å². The third kappa shape index (κ3) is 3.19. The van der Waals surface area contributed by atoms with Crippen LogP contribution in [0, 0.1) is 5.82 Å². The Morgan fingerprint density at radius 2 is 1.87 bits per heavy atom. The minimum absolute atomic E-state index is 0.175. The molecular weight excluding hydrogens is 310 g/mol. The van der Waals surface area contributed by atoms with E-state index in [-0.39, 0.29) is 6.42 Å². The van der Waals surface area contributed by atoms with E-state index in [0.29, 0.717) is 11.4 Å². The highest BCUT2D eigenvalue weighted by atomic mass is 19.4. The van der Waals surface area contributed by atoms with Gasteiger partial charge < -0.3 is 10.7 Å². The van der Waals surface area contributed by atoms with Gasteiger partial charge in [0.1, 0.15) is 11.6 Å². The molecule has 3 N–H and O–H groups in total. The van der Waals surface area contributed by atoms with E-state index in [1.54, 1.807) is 0 Å². The third-order valence-corrected chi connectivity index (χ3v) is 3.55. The van der Waals surface area contributed by atoms with Crippen molar-refractivity contribution in [2.45, 2.75) is 18.6 Å². The van der Waals surface area contributed by atoms with Gasteiger partial charge in [-0.1, -0.05) is 18.2 Å². The van der Waals surface area contributed by atoms with E-state index in [0.717, 1.165) is 23.2 Å². The van der Waals surface area contributed by atoms with Crippen LogP contribution < -0.4 is 5.73 Å². The highest BCUT2D eigenvalue weighted by molar-refractivity contribution is 5.74. The number of halogens is 4. The fraction of sp³-hybridized carbons (Fsp3) is 0.188. The molecule has 3 aromatic rings. The summed E-state index contributed by atoms with van der Waals surface area (Å²) in [6.45, 7) is 0. The molecule has 23 heavy (non-hydrogen) atoms. The molecule has 0 bridgehead atoms. The van der Waals surface area contributed by atoms with E-state index in [9.17, 15) is 17.6 Å². The molecule has 1 aromatic heterocycles. The van der Waals surface area contributed by atoms with Gasteiger partial charge in [-0.05, 0) is 36.2 Å². The molecule has 120 valence electrons. The summed E-state index contributed by atoms with van der Waals surface area (Å²) in [6, 6.07) is 9.61. The Hall–Kier alpha value is -2.41. The second-order valence-corrected chi connectivity index (χ2v) is 5.26. The molecule has 7 heteroatoms. The highest BCUT2D eigenvalue weighted by Gasteiger charge is 2.33. The SMILES string of the molecule is NC(Cc1ccc(C(F)(F)F)c(F)c1)c1nc2ccccc2[nH]1. The van der Waals surface area contributed by atoms with Gasteiger partial charge in [-0.3, -0.25) is 0 Å². The molecule has 3 rings (SSSR count). The normalized spacial score (nSPS) is 13.4. The number of benzene rings is 2. The molecule has 0 aliphatic heterocycles. The molecule has 0 spiro atoms. The third-order valence-electron chi connectivity index (χ3n) is 3.55. The van der Waals surface area contributed by atoms with E-state index >= 15 is 0 Å². The van der Waals surface area contributed by atoms with Crippen molar-refractivity contribution >= 4 is 11.0 Å². The number of hydrogen-bond donors (Lipinski definition) is 2. The van der Waals surface area contributed by atoms with Crippen LogP contribution in [0.3, 0.4) is 0 Å². The molecule has 0 fully saturated rings. The van der Waals surface area contributed by atoms with Crippen molar-refractivity contribution in [1.82, 2.24) is 9.97 Å². The zero-order valence-electron chi connectivity index (χ0n) is 11.9. The second-order valence-electron chi connectivity index (χ2n) is 5.26. The molecule has 2 aromatic carbocycles. The van der Waals surface area contributed by atoms with Crippen LogP contribution in [0.5, 0.6) is 0 Å². The largest absolute Gasteiger partial charge is 0.419 e. The minimum Gasteiger partial charge on any atom is -0.341 e. The molecule has 1 atom stereocenters. The molecule has 1 unspecified atom stereocenters. The Balaban J connectivity index is 1.82. The average Bonchev–Trinajstić information content (AvgIpc) is 2.90. The number of nitrogens with two attached hydrogens (primary N) is 1. The first-order valence-electron chi connectivity index (χ1n) is 6.90. The Morgan fingerprint density at radius 3 is 2.52 bits per heavy atom. The predicted molar refractivity (Wildman–Crippen MR) is 78.1 cm³/mol. The van der Waals surface area contributed by atoms with Crippen LogP contribution in [0.2, 0.25) is 0 Å². The Kier molecular flexibility index (Phi) is 3.81. The lowest BCUT2D eigenvalue weighted by Gasteiger charge is -2.12. The lowest BCUT2D eigenvalue weighted by Crippen LogP contribution is -2.15. The van der Waals surface area contributed by atoms with Crippen LogP contribution in [-0.2, 0) is 12.6 Å². The standard InChI is InChI=1S/C16H13F4N3/c17-11-7-9(5-6-10(11)16(18,19)20)8-12(21)15-22-13-3-1-2-4-14(13)23-15/h1-7,12H,8,21H2,(H,22,23). The number of aromatic amines is 1. The first kappa shape index (κ1) is 15.5. The van der Waals surface area contributed by atoms with E-state index in [2.05, 4.69) is 9.97 Å². The quantitative estimate of drug-likeness (QED) is 0.717. The Labute approximate surface area is 129 Å². The van der Waals surface area contributed by atoms with Crippen molar-refractivity contribution in [2.75, 3.05) is 0 Å². The lowest BCUT2D eigenvalue weighted by molar-refractivity contribution is -0.140. The van der Waals surface area contributed by atoms with Crippen LogP contribution >= 0.6 is 0 Å². The molecule has 3 nitrogen and oxygen atoms in total. The van der Waals surface area contributed by atoms with Gasteiger partial charge in [0.2, 0.25) is 0 Å². The van der Waals surface area contributed by atoms with Gasteiger partial charge in [0.15, 0.2) is 0 Å². The molecule has 1 heterocycles. The van der Waals surface area contributed by atoms with Gasteiger partial charge in [0, 0.05) is 0 Å². The summed E-state index contributed by atoms with van der Waals surface area (Å²) < 4.78 is 51.2. The molecule has 0 saturated heterocycles. The fourth-order valence-corrected chi connectivity index (χ4v) is 2.41. The minimum atomic E-state index is -4.70. The number of fused-ring (bicyclic) bond motifs is 1. The first-order chi connectivity index (χ1) is 10.8. The molecular formula is C16H13F4N3. The second kappa shape index (κ2) is 5.66. The van der Waals surface area contributed by atoms with Crippen molar-refractivity contribution in [3.8, 4) is 0 Å². The van der Waals surface area contributed by atoms with Crippen molar-refractivity contribution < 1.29 is 17.6 Å². The summed E-state index contributed by atoms with van der Waals surface area (Å²) in [6.07, 6.45) is -4.53. The zero-order chi connectivity index (χ0) is 16.6.